The predicted octanol–water partition coefficient (Wildman–Crippen LogP) is 3.69. The maximum absolute atomic E-state index is 12.2. The molecule has 0 aliphatic heterocycles. The summed E-state index contributed by atoms with van der Waals surface area (Å²) in [5, 5.41) is 0. The van der Waals surface area contributed by atoms with Gasteiger partial charge in [-0.3, -0.25) is 4.79 Å². The van der Waals surface area contributed by atoms with E-state index in [0.717, 1.165) is 12.3 Å². The molecule has 0 radical (unpaired) electrons. The minimum Gasteiger partial charge on any atom is -0.469 e. The average molecular weight is 258 g/mol. The molecule has 2 fully saturated rings. The molecule has 0 spiro atoms. The van der Waals surface area contributed by atoms with Crippen LogP contribution in [-0.2, 0) is 9.53 Å². The Balaban J connectivity index is 1.92. The largest absolute Gasteiger partial charge is 0.469 e. The molecule has 0 N–H and O–H groups in total. The number of aryl methyl sites for hydroxylation is 1. The van der Waals surface area contributed by atoms with Crippen LogP contribution in [0.3, 0.4) is 0 Å². The summed E-state index contributed by atoms with van der Waals surface area (Å²) in [6.07, 6.45) is 4.87. The van der Waals surface area contributed by atoms with Crippen molar-refractivity contribution in [2.75, 3.05) is 7.11 Å². The van der Waals surface area contributed by atoms with Gasteiger partial charge in [-0.1, -0.05) is 36.2 Å². The molecule has 4 unspecified atom stereocenters. The van der Waals surface area contributed by atoms with Gasteiger partial charge in [0.25, 0.3) is 0 Å². The van der Waals surface area contributed by atoms with E-state index in [0.29, 0.717) is 11.8 Å². The number of methoxy groups -OCH3 is 1. The standard InChI is InChI=1S/C17H22O2/c1-11-3-6-13(7-4-11)15-10-12-5-8-14(9-12)16(15)17(18)19-2/h3-4,6-7,12,14-16H,5,8-10H2,1-2H3. The van der Waals surface area contributed by atoms with E-state index < -0.39 is 0 Å². The van der Waals surface area contributed by atoms with Crippen LogP contribution >= 0.6 is 0 Å². The molecule has 1 aromatic rings. The molecule has 4 atom stereocenters. The van der Waals surface area contributed by atoms with Crippen molar-refractivity contribution >= 4 is 5.97 Å². The summed E-state index contributed by atoms with van der Waals surface area (Å²) in [5.74, 6) is 1.79. The molecule has 19 heavy (non-hydrogen) atoms. The van der Waals surface area contributed by atoms with E-state index >= 15 is 0 Å². The van der Waals surface area contributed by atoms with Gasteiger partial charge in [-0.2, -0.15) is 0 Å². The lowest BCUT2D eigenvalue weighted by molar-refractivity contribution is -0.149. The molecule has 0 saturated heterocycles. The van der Waals surface area contributed by atoms with Crippen molar-refractivity contribution in [2.24, 2.45) is 17.8 Å². The van der Waals surface area contributed by atoms with Crippen LogP contribution in [-0.4, -0.2) is 13.1 Å². The molecule has 2 nitrogen and oxygen atoms in total. The Morgan fingerprint density at radius 2 is 1.89 bits per heavy atom. The van der Waals surface area contributed by atoms with Gasteiger partial charge in [0.1, 0.15) is 0 Å². The Hall–Kier alpha value is -1.31. The van der Waals surface area contributed by atoms with Crippen molar-refractivity contribution in [3.63, 3.8) is 0 Å². The second-order valence-electron chi connectivity index (χ2n) is 6.24. The van der Waals surface area contributed by atoms with Crippen molar-refractivity contribution in [3.05, 3.63) is 35.4 Å². The fourth-order valence-electron chi connectivity index (χ4n) is 4.14. The van der Waals surface area contributed by atoms with Crippen molar-refractivity contribution in [1.82, 2.24) is 0 Å². The third kappa shape index (κ3) is 2.29. The van der Waals surface area contributed by atoms with E-state index in [1.807, 2.05) is 0 Å². The quantitative estimate of drug-likeness (QED) is 0.756. The van der Waals surface area contributed by atoms with Crippen LogP contribution < -0.4 is 0 Å². The highest BCUT2D eigenvalue weighted by molar-refractivity contribution is 5.74. The van der Waals surface area contributed by atoms with E-state index in [4.69, 9.17) is 4.74 Å². The summed E-state index contributed by atoms with van der Waals surface area (Å²) < 4.78 is 5.08. The third-order valence-corrected chi connectivity index (χ3v) is 5.09. The molecule has 0 heterocycles. The Labute approximate surface area is 115 Å². The van der Waals surface area contributed by atoms with Gasteiger partial charge < -0.3 is 4.74 Å². The summed E-state index contributed by atoms with van der Waals surface area (Å²) in [7, 11) is 1.52. The van der Waals surface area contributed by atoms with Crippen LogP contribution in [0.25, 0.3) is 0 Å². The zero-order chi connectivity index (χ0) is 13.4. The maximum Gasteiger partial charge on any atom is 0.309 e. The van der Waals surface area contributed by atoms with E-state index in [1.54, 1.807) is 0 Å². The zero-order valence-electron chi connectivity index (χ0n) is 11.8. The molecular weight excluding hydrogens is 236 g/mol. The smallest absolute Gasteiger partial charge is 0.309 e. The second-order valence-corrected chi connectivity index (χ2v) is 6.24. The van der Waals surface area contributed by atoms with Gasteiger partial charge in [0.15, 0.2) is 0 Å². The van der Waals surface area contributed by atoms with Gasteiger partial charge >= 0.3 is 5.97 Å². The zero-order valence-corrected chi connectivity index (χ0v) is 11.8. The topological polar surface area (TPSA) is 26.3 Å². The van der Waals surface area contributed by atoms with Crippen LogP contribution in [0.15, 0.2) is 24.3 Å². The number of hydrogen-bond donors (Lipinski definition) is 0. The molecule has 2 aliphatic carbocycles. The minimum atomic E-state index is -0.00377. The number of hydrogen-bond acceptors (Lipinski definition) is 2. The molecule has 2 bridgehead atoms. The number of benzene rings is 1. The normalized spacial score (nSPS) is 33.2. The van der Waals surface area contributed by atoms with Crippen molar-refractivity contribution in [1.29, 1.82) is 0 Å². The lowest BCUT2D eigenvalue weighted by Gasteiger charge is -2.35. The SMILES string of the molecule is COC(=O)C1C2CCC(C2)CC1c1ccc(C)cc1. The van der Waals surface area contributed by atoms with Crippen LogP contribution in [0.4, 0.5) is 0 Å². The summed E-state index contributed by atoms with van der Waals surface area (Å²) >= 11 is 0. The first-order chi connectivity index (χ1) is 9.19. The molecule has 1 aromatic carbocycles. The first kappa shape index (κ1) is 12.7. The number of carbonyl (C=O) groups is 1. The monoisotopic (exact) mass is 258 g/mol. The van der Waals surface area contributed by atoms with Gasteiger partial charge in [0.05, 0.1) is 13.0 Å². The van der Waals surface area contributed by atoms with Gasteiger partial charge in [-0.25, -0.2) is 0 Å². The number of carbonyl (C=O) groups excluding carboxylic acids is 1. The third-order valence-electron chi connectivity index (χ3n) is 5.09. The molecule has 102 valence electrons. The van der Waals surface area contributed by atoms with Crippen molar-refractivity contribution in [3.8, 4) is 0 Å². The van der Waals surface area contributed by atoms with Crippen LogP contribution in [0.1, 0.15) is 42.7 Å². The molecule has 0 amide bonds. The Kier molecular flexibility index (Phi) is 3.34. The number of ether oxygens (including phenoxy) is 1. The summed E-state index contributed by atoms with van der Waals surface area (Å²) in [4.78, 5) is 12.2. The molecule has 2 saturated carbocycles. The lowest BCUT2D eigenvalue weighted by Crippen LogP contribution is -2.33. The second kappa shape index (κ2) is 4.99. The highest BCUT2D eigenvalue weighted by Crippen LogP contribution is 2.52. The van der Waals surface area contributed by atoms with Crippen molar-refractivity contribution in [2.45, 2.75) is 38.5 Å². The lowest BCUT2D eigenvalue weighted by atomic mass is 9.69. The van der Waals surface area contributed by atoms with E-state index in [1.165, 1.54) is 37.5 Å². The molecule has 0 aromatic heterocycles. The minimum absolute atomic E-state index is 0.00377. The highest BCUT2D eigenvalue weighted by Gasteiger charge is 2.46. The molecule has 2 heteroatoms. The van der Waals surface area contributed by atoms with Gasteiger partial charge in [-0.15, -0.1) is 0 Å². The molecule has 3 rings (SSSR count). The Morgan fingerprint density at radius 1 is 1.16 bits per heavy atom. The van der Waals surface area contributed by atoms with Gasteiger partial charge in [0, 0.05) is 0 Å². The number of rotatable bonds is 2. The Morgan fingerprint density at radius 3 is 2.58 bits per heavy atom. The fourth-order valence-corrected chi connectivity index (χ4v) is 4.14. The van der Waals surface area contributed by atoms with Crippen molar-refractivity contribution < 1.29 is 9.53 Å². The first-order valence-electron chi connectivity index (χ1n) is 7.33. The summed E-state index contributed by atoms with van der Waals surface area (Å²) in [6.45, 7) is 2.10. The van der Waals surface area contributed by atoms with Gasteiger partial charge in [0.2, 0.25) is 0 Å². The predicted molar refractivity (Wildman–Crippen MR) is 74.9 cm³/mol. The fraction of sp³-hybridized carbons (Fsp3) is 0.588. The average Bonchev–Trinajstić information content (AvgIpc) is 2.80. The molecule has 2 aliphatic rings. The van der Waals surface area contributed by atoms with Gasteiger partial charge in [-0.05, 0) is 49.5 Å². The van der Waals surface area contributed by atoms with Crippen LogP contribution in [0.5, 0.6) is 0 Å². The van der Waals surface area contributed by atoms with E-state index in [-0.39, 0.29) is 11.9 Å². The number of esters is 1. The highest BCUT2D eigenvalue weighted by atomic mass is 16.5. The first-order valence-corrected chi connectivity index (χ1v) is 7.33. The summed E-state index contributed by atoms with van der Waals surface area (Å²) in [5.41, 5.74) is 2.59. The Bertz CT molecular complexity index is 463. The maximum atomic E-state index is 12.2. The van der Waals surface area contributed by atoms with Crippen LogP contribution in [0, 0.1) is 24.7 Å². The summed E-state index contributed by atoms with van der Waals surface area (Å²) in [6, 6.07) is 8.70. The number of fused-ring (bicyclic) bond motifs is 2. The van der Waals surface area contributed by atoms with E-state index in [2.05, 4.69) is 31.2 Å². The van der Waals surface area contributed by atoms with E-state index in [9.17, 15) is 4.79 Å². The van der Waals surface area contributed by atoms with Crippen LogP contribution in [0.2, 0.25) is 0 Å². The molecular formula is C17H22O2.